The van der Waals surface area contributed by atoms with Crippen molar-refractivity contribution in [3.63, 3.8) is 0 Å². The van der Waals surface area contributed by atoms with Crippen LogP contribution in [-0.2, 0) is 17.8 Å². The number of ether oxygens (including phenoxy) is 1. The first-order chi connectivity index (χ1) is 15.1. The number of thiophene rings is 1. The molecule has 2 aromatic heterocycles. The molecule has 4 rings (SSSR count). The van der Waals surface area contributed by atoms with Crippen molar-refractivity contribution >= 4 is 33.3 Å². The maximum Gasteiger partial charge on any atom is 0.267 e. The lowest BCUT2D eigenvalue weighted by molar-refractivity contribution is 0.00200. The van der Waals surface area contributed by atoms with Crippen LogP contribution in [0, 0.1) is 5.92 Å². The van der Waals surface area contributed by atoms with Crippen molar-refractivity contribution in [2.24, 2.45) is 5.92 Å². The van der Waals surface area contributed by atoms with Crippen LogP contribution < -0.4 is 5.56 Å². The van der Waals surface area contributed by atoms with Gasteiger partial charge in [-0.1, -0.05) is 76.4 Å². The average molecular weight is 457 g/mol. The van der Waals surface area contributed by atoms with Gasteiger partial charge < -0.3 is 4.74 Å². The van der Waals surface area contributed by atoms with Crippen molar-refractivity contribution in [1.29, 1.82) is 0 Å². The van der Waals surface area contributed by atoms with Crippen molar-refractivity contribution < 1.29 is 4.74 Å². The van der Waals surface area contributed by atoms with E-state index < -0.39 is 0 Å². The van der Waals surface area contributed by atoms with Gasteiger partial charge in [0.25, 0.3) is 5.56 Å². The maximum absolute atomic E-state index is 13.8. The van der Waals surface area contributed by atoms with Crippen molar-refractivity contribution in [3.05, 3.63) is 51.1 Å². The number of thioether (sulfide) groups is 1. The van der Waals surface area contributed by atoms with Gasteiger partial charge in [-0.25, -0.2) is 4.98 Å². The van der Waals surface area contributed by atoms with Crippen LogP contribution in [0.2, 0.25) is 0 Å². The molecule has 3 aromatic rings. The molecule has 166 valence electrons. The summed E-state index contributed by atoms with van der Waals surface area (Å²) in [5.74, 6) is 1.41. The maximum atomic E-state index is 13.8. The van der Waals surface area contributed by atoms with E-state index in [2.05, 4.69) is 20.8 Å². The molecule has 0 spiro atoms. The van der Waals surface area contributed by atoms with Crippen LogP contribution in [0.4, 0.5) is 0 Å². The predicted octanol–water partition coefficient (Wildman–Crippen LogP) is 6.61. The molecule has 0 N–H and O–H groups in total. The largest absolute Gasteiger partial charge is 0.372 e. The number of aromatic nitrogens is 2. The van der Waals surface area contributed by atoms with E-state index in [9.17, 15) is 4.79 Å². The Labute approximate surface area is 193 Å². The Morgan fingerprint density at radius 2 is 1.97 bits per heavy atom. The second-order valence-corrected chi connectivity index (χ2v) is 10.8. The Morgan fingerprint density at radius 1 is 1.19 bits per heavy atom. The van der Waals surface area contributed by atoms with Crippen molar-refractivity contribution in [2.75, 3.05) is 5.75 Å². The lowest BCUT2D eigenvalue weighted by atomic mass is 9.96. The number of fused-ring (bicyclic) bond motifs is 3. The van der Waals surface area contributed by atoms with Gasteiger partial charge in [0.05, 0.1) is 23.8 Å². The highest BCUT2D eigenvalue weighted by molar-refractivity contribution is 7.99. The number of hydrogen-bond acceptors (Lipinski definition) is 5. The van der Waals surface area contributed by atoms with Gasteiger partial charge in [0.1, 0.15) is 4.83 Å². The highest BCUT2D eigenvalue weighted by Crippen LogP contribution is 2.36. The van der Waals surface area contributed by atoms with E-state index in [1.807, 2.05) is 34.9 Å². The Morgan fingerprint density at radius 3 is 2.71 bits per heavy atom. The molecule has 0 aliphatic carbocycles. The van der Waals surface area contributed by atoms with E-state index in [1.54, 1.807) is 23.1 Å². The van der Waals surface area contributed by atoms with Gasteiger partial charge in [-0.2, -0.15) is 0 Å². The molecule has 4 nitrogen and oxygen atoms in total. The Kier molecular flexibility index (Phi) is 7.51. The Hall–Kier alpha value is -1.63. The lowest BCUT2D eigenvalue weighted by Gasteiger charge is -2.26. The van der Waals surface area contributed by atoms with Crippen LogP contribution in [0.15, 0.2) is 40.3 Å². The zero-order valence-corrected chi connectivity index (χ0v) is 20.4. The zero-order valence-electron chi connectivity index (χ0n) is 18.7. The summed E-state index contributed by atoms with van der Waals surface area (Å²) in [6, 6.07) is 9.95. The minimum atomic E-state index is 0.0617. The number of para-hydroxylation sites is 1. The van der Waals surface area contributed by atoms with Crippen LogP contribution in [0.5, 0.6) is 0 Å². The molecule has 0 unspecified atom stereocenters. The molecular formula is C25H32N2O2S2. The van der Waals surface area contributed by atoms with E-state index >= 15 is 0 Å². The van der Waals surface area contributed by atoms with Crippen LogP contribution in [0.1, 0.15) is 63.3 Å². The van der Waals surface area contributed by atoms with Crippen molar-refractivity contribution in [3.8, 4) is 5.69 Å². The van der Waals surface area contributed by atoms with Gasteiger partial charge in [-0.15, -0.1) is 11.3 Å². The fourth-order valence-electron chi connectivity index (χ4n) is 4.11. The molecule has 3 heterocycles. The number of benzene rings is 1. The Balaban J connectivity index is 1.72. The molecular weight excluding hydrogens is 424 g/mol. The monoisotopic (exact) mass is 456 g/mol. The van der Waals surface area contributed by atoms with Crippen molar-refractivity contribution in [2.45, 2.75) is 77.2 Å². The van der Waals surface area contributed by atoms with E-state index in [-0.39, 0.29) is 11.7 Å². The molecule has 31 heavy (non-hydrogen) atoms. The van der Waals surface area contributed by atoms with E-state index in [0.717, 1.165) is 50.1 Å². The number of unbranched alkanes of at least 4 members (excludes halogenated alkanes) is 4. The third-order valence-corrected chi connectivity index (χ3v) is 8.07. The number of rotatable bonds is 9. The molecule has 0 amide bonds. The molecule has 0 fully saturated rings. The van der Waals surface area contributed by atoms with Gasteiger partial charge in [-0.05, 0) is 30.0 Å². The van der Waals surface area contributed by atoms with Gasteiger partial charge >= 0.3 is 0 Å². The fourth-order valence-corrected chi connectivity index (χ4v) is 6.28. The average Bonchev–Trinajstić information content (AvgIpc) is 3.14. The number of nitrogens with zero attached hydrogens (tertiary/aromatic N) is 2. The standard InChI is InChI=1S/C25H32N2O2S2/c1-4-5-6-7-11-14-30-25-26-23-22(24(28)27(25)18-12-9-8-10-13-18)19-15-20(17(2)3)29-16-21(19)31-23/h8-10,12-13,17,20H,4-7,11,14-16H2,1-3H3/t20-/m1/s1. The normalized spacial score (nSPS) is 16.2. The van der Waals surface area contributed by atoms with Gasteiger partial charge in [0.15, 0.2) is 5.16 Å². The molecule has 1 aliphatic rings. The van der Waals surface area contributed by atoms with E-state index in [4.69, 9.17) is 9.72 Å². The highest BCUT2D eigenvalue weighted by Gasteiger charge is 2.28. The summed E-state index contributed by atoms with van der Waals surface area (Å²) in [5, 5.41) is 1.60. The zero-order chi connectivity index (χ0) is 21.8. The second-order valence-electron chi connectivity index (χ2n) is 8.61. The molecule has 1 aliphatic heterocycles. The molecule has 0 radical (unpaired) electrons. The van der Waals surface area contributed by atoms with Gasteiger partial charge in [0, 0.05) is 17.1 Å². The minimum absolute atomic E-state index is 0.0617. The first-order valence-corrected chi connectivity index (χ1v) is 13.3. The Bertz CT molecular complexity index is 1070. The molecule has 0 saturated heterocycles. The van der Waals surface area contributed by atoms with Crippen LogP contribution in [0.3, 0.4) is 0 Å². The summed E-state index contributed by atoms with van der Waals surface area (Å²) >= 11 is 3.34. The summed E-state index contributed by atoms with van der Waals surface area (Å²) in [6.45, 7) is 7.19. The summed E-state index contributed by atoms with van der Waals surface area (Å²) in [4.78, 5) is 20.8. The molecule has 1 atom stereocenters. The molecule has 6 heteroatoms. The molecule has 1 aromatic carbocycles. The third-order valence-electron chi connectivity index (χ3n) is 5.95. The van der Waals surface area contributed by atoms with Gasteiger partial charge in [0.2, 0.25) is 0 Å². The van der Waals surface area contributed by atoms with Gasteiger partial charge in [-0.3, -0.25) is 9.36 Å². The van der Waals surface area contributed by atoms with E-state index in [0.29, 0.717) is 12.5 Å². The minimum Gasteiger partial charge on any atom is -0.372 e. The summed E-state index contributed by atoms with van der Waals surface area (Å²) in [7, 11) is 0. The third kappa shape index (κ3) is 4.91. The molecule has 0 bridgehead atoms. The van der Waals surface area contributed by atoms with Crippen LogP contribution in [0.25, 0.3) is 15.9 Å². The summed E-state index contributed by atoms with van der Waals surface area (Å²) < 4.78 is 7.89. The second kappa shape index (κ2) is 10.3. The lowest BCUT2D eigenvalue weighted by Crippen LogP contribution is -2.28. The quantitative estimate of drug-likeness (QED) is 0.206. The summed E-state index contributed by atoms with van der Waals surface area (Å²) in [6.07, 6.45) is 7.17. The first-order valence-electron chi connectivity index (χ1n) is 11.5. The predicted molar refractivity (Wildman–Crippen MR) is 132 cm³/mol. The van der Waals surface area contributed by atoms with E-state index in [1.165, 1.54) is 25.7 Å². The highest BCUT2D eigenvalue weighted by atomic mass is 32.2. The fraction of sp³-hybridized carbons (Fsp3) is 0.520. The summed E-state index contributed by atoms with van der Waals surface area (Å²) in [5.41, 5.74) is 2.11. The first kappa shape index (κ1) is 22.6. The van der Waals surface area contributed by atoms with Crippen LogP contribution in [-0.4, -0.2) is 21.4 Å². The topological polar surface area (TPSA) is 44.1 Å². The molecule has 0 saturated carbocycles. The SMILES string of the molecule is CCCCCCCSc1nc2sc3c(c2c(=O)n1-c1ccccc1)C[C@H](C(C)C)OC3. The van der Waals surface area contributed by atoms with Crippen molar-refractivity contribution in [1.82, 2.24) is 9.55 Å². The van der Waals surface area contributed by atoms with Crippen LogP contribution >= 0.6 is 23.1 Å². The number of hydrogen-bond donors (Lipinski definition) is 0. The smallest absolute Gasteiger partial charge is 0.267 e.